The largest absolute Gasteiger partial charge is 0.465 e. The molecular formula is C16H33AlO3. The van der Waals surface area contributed by atoms with Gasteiger partial charge in [0.1, 0.15) is 12.2 Å². The number of unbranched alkanes of at least 4 members (excludes halogenated alkanes) is 9. The highest BCUT2D eigenvalue weighted by molar-refractivity contribution is 5.94. The summed E-state index contributed by atoms with van der Waals surface area (Å²) >= 11 is 0. The topological polar surface area (TPSA) is 43.4 Å². The predicted octanol–water partition coefficient (Wildman–Crippen LogP) is 3.25. The summed E-state index contributed by atoms with van der Waals surface area (Å²) in [5.41, 5.74) is 0. The first-order valence-electron chi connectivity index (χ1n) is 7.82. The van der Waals surface area contributed by atoms with E-state index in [0.717, 1.165) is 12.8 Å². The van der Waals surface area contributed by atoms with Crippen LogP contribution >= 0.6 is 0 Å². The molecule has 0 spiro atoms. The number of Topliss-reactive ketones (excluding diaryl/α,β-unsaturated/α-hetero) is 1. The smallest absolute Gasteiger partial charge is 0.313 e. The van der Waals surface area contributed by atoms with Crippen LogP contribution in [0.5, 0.6) is 0 Å². The van der Waals surface area contributed by atoms with E-state index < -0.39 is 0 Å². The van der Waals surface area contributed by atoms with Crippen molar-refractivity contribution >= 4 is 29.1 Å². The highest BCUT2D eigenvalue weighted by atomic mass is 27.0. The van der Waals surface area contributed by atoms with Gasteiger partial charge in [-0.3, -0.25) is 9.59 Å². The number of carbonyl (C=O) groups excluding carboxylic acids is 2. The summed E-state index contributed by atoms with van der Waals surface area (Å²) in [6.45, 7) is 4.10. The van der Waals surface area contributed by atoms with Crippen molar-refractivity contribution in [1.82, 2.24) is 0 Å². The standard InChI is InChI=1S/C16H30O3.Al.3H/c1-3-4-5-6-7-8-9-10-11-12-13-19-16(18)14-15(2)17;;;;/h3-14H2,1-2H3;;;;. The molecule has 0 amide bonds. The maximum absolute atomic E-state index is 11.1. The second-order valence-corrected chi connectivity index (χ2v) is 5.28. The van der Waals surface area contributed by atoms with Crippen molar-refractivity contribution in [3.8, 4) is 0 Å². The van der Waals surface area contributed by atoms with Crippen LogP contribution in [0.4, 0.5) is 0 Å². The molecule has 118 valence electrons. The Morgan fingerprint density at radius 1 is 0.800 bits per heavy atom. The van der Waals surface area contributed by atoms with E-state index in [0.29, 0.717) is 6.61 Å². The lowest BCUT2D eigenvalue weighted by Gasteiger charge is -2.04. The van der Waals surface area contributed by atoms with Crippen LogP contribution in [-0.2, 0) is 14.3 Å². The molecule has 4 heteroatoms. The lowest BCUT2D eigenvalue weighted by atomic mass is 10.1. The summed E-state index contributed by atoms with van der Waals surface area (Å²) in [6.07, 6.45) is 12.6. The molecule has 0 aliphatic rings. The van der Waals surface area contributed by atoms with Gasteiger partial charge < -0.3 is 4.74 Å². The van der Waals surface area contributed by atoms with Crippen LogP contribution in [0.15, 0.2) is 0 Å². The Morgan fingerprint density at radius 2 is 1.25 bits per heavy atom. The average Bonchev–Trinajstić information content (AvgIpc) is 2.35. The van der Waals surface area contributed by atoms with E-state index in [9.17, 15) is 9.59 Å². The number of carbonyl (C=O) groups is 2. The van der Waals surface area contributed by atoms with Crippen molar-refractivity contribution in [3.63, 3.8) is 0 Å². The third-order valence-corrected chi connectivity index (χ3v) is 3.15. The van der Waals surface area contributed by atoms with E-state index in [1.807, 2.05) is 0 Å². The Hall–Kier alpha value is -0.328. The Labute approximate surface area is 135 Å². The van der Waals surface area contributed by atoms with Crippen molar-refractivity contribution < 1.29 is 14.3 Å². The monoisotopic (exact) mass is 300 g/mol. The van der Waals surface area contributed by atoms with E-state index in [2.05, 4.69) is 6.92 Å². The predicted molar refractivity (Wildman–Crippen MR) is 88.0 cm³/mol. The van der Waals surface area contributed by atoms with Crippen molar-refractivity contribution in [2.75, 3.05) is 6.61 Å². The van der Waals surface area contributed by atoms with E-state index in [1.165, 1.54) is 58.3 Å². The van der Waals surface area contributed by atoms with E-state index in [1.54, 1.807) is 0 Å². The molecule has 0 aromatic carbocycles. The Kier molecular flexibility index (Phi) is 18.4. The number of hydrogen-bond donors (Lipinski definition) is 0. The molecule has 3 nitrogen and oxygen atoms in total. The van der Waals surface area contributed by atoms with Crippen LogP contribution in [0.2, 0.25) is 0 Å². The van der Waals surface area contributed by atoms with Crippen molar-refractivity contribution in [2.45, 2.75) is 84.5 Å². The molecule has 20 heavy (non-hydrogen) atoms. The first-order valence-corrected chi connectivity index (χ1v) is 7.82. The molecule has 0 atom stereocenters. The summed E-state index contributed by atoms with van der Waals surface area (Å²) in [5.74, 6) is -0.517. The van der Waals surface area contributed by atoms with E-state index >= 15 is 0 Å². The number of esters is 1. The van der Waals surface area contributed by atoms with E-state index in [4.69, 9.17) is 4.74 Å². The lowest BCUT2D eigenvalue weighted by Crippen LogP contribution is -2.09. The second-order valence-electron chi connectivity index (χ2n) is 5.28. The quantitative estimate of drug-likeness (QED) is 0.227. The van der Waals surface area contributed by atoms with Crippen molar-refractivity contribution in [2.24, 2.45) is 0 Å². The summed E-state index contributed by atoms with van der Waals surface area (Å²) < 4.78 is 4.97. The molecule has 0 unspecified atom stereocenters. The Balaban J connectivity index is 0. The van der Waals surface area contributed by atoms with Crippen molar-refractivity contribution in [1.29, 1.82) is 0 Å². The van der Waals surface area contributed by atoms with Gasteiger partial charge in [-0.15, -0.1) is 0 Å². The Bertz CT molecular complexity index is 242. The van der Waals surface area contributed by atoms with Gasteiger partial charge in [0.15, 0.2) is 17.4 Å². The molecule has 0 aromatic rings. The fraction of sp³-hybridized carbons (Fsp3) is 0.875. The van der Waals surface area contributed by atoms with Crippen molar-refractivity contribution in [3.05, 3.63) is 0 Å². The molecule has 0 N–H and O–H groups in total. The summed E-state index contributed by atoms with van der Waals surface area (Å²) in [7, 11) is 0. The molecular weight excluding hydrogens is 267 g/mol. The molecule has 0 aliphatic heterocycles. The van der Waals surface area contributed by atoms with Gasteiger partial charge in [0.05, 0.1) is 6.61 Å². The third kappa shape index (κ3) is 17.7. The summed E-state index contributed by atoms with van der Waals surface area (Å²) in [4.78, 5) is 21.7. The first-order chi connectivity index (χ1) is 9.16. The maximum atomic E-state index is 11.1. The van der Waals surface area contributed by atoms with Gasteiger partial charge in [-0.2, -0.15) is 0 Å². The fourth-order valence-corrected chi connectivity index (χ4v) is 2.03. The molecule has 0 saturated carbocycles. The first kappa shape index (κ1) is 22.0. The van der Waals surface area contributed by atoms with Crippen LogP contribution < -0.4 is 0 Å². The lowest BCUT2D eigenvalue weighted by molar-refractivity contribution is -0.145. The van der Waals surface area contributed by atoms with Crippen LogP contribution in [0.25, 0.3) is 0 Å². The van der Waals surface area contributed by atoms with Gasteiger partial charge >= 0.3 is 5.97 Å². The maximum Gasteiger partial charge on any atom is 0.313 e. The highest BCUT2D eigenvalue weighted by Crippen LogP contribution is 2.10. The zero-order valence-corrected chi connectivity index (χ0v) is 12.7. The molecule has 0 rings (SSSR count). The summed E-state index contributed by atoms with van der Waals surface area (Å²) in [5, 5.41) is 0. The fourth-order valence-electron chi connectivity index (χ4n) is 2.03. The van der Waals surface area contributed by atoms with Gasteiger partial charge in [-0.1, -0.05) is 64.7 Å². The van der Waals surface area contributed by atoms with Crippen LogP contribution in [-0.4, -0.2) is 35.7 Å². The number of rotatable bonds is 13. The zero-order valence-electron chi connectivity index (χ0n) is 12.7. The highest BCUT2D eigenvalue weighted by Gasteiger charge is 2.05. The average molecular weight is 300 g/mol. The van der Waals surface area contributed by atoms with Gasteiger partial charge in [0.2, 0.25) is 0 Å². The minimum atomic E-state index is -0.386. The van der Waals surface area contributed by atoms with Gasteiger partial charge in [-0.25, -0.2) is 0 Å². The molecule has 0 radical (unpaired) electrons. The molecule has 0 aromatic heterocycles. The molecule has 0 heterocycles. The van der Waals surface area contributed by atoms with E-state index in [-0.39, 0.29) is 35.5 Å². The molecule has 0 saturated heterocycles. The van der Waals surface area contributed by atoms with Crippen LogP contribution in [0, 0.1) is 0 Å². The van der Waals surface area contributed by atoms with Gasteiger partial charge in [0, 0.05) is 0 Å². The number of ether oxygens (including phenoxy) is 1. The zero-order chi connectivity index (χ0) is 14.3. The minimum absolute atomic E-state index is 0. The van der Waals surface area contributed by atoms with Crippen LogP contribution in [0.1, 0.15) is 84.5 Å². The van der Waals surface area contributed by atoms with Gasteiger partial charge in [-0.05, 0) is 13.3 Å². The normalized spacial score (nSPS) is 9.90. The van der Waals surface area contributed by atoms with Gasteiger partial charge in [0.25, 0.3) is 0 Å². The second kappa shape index (κ2) is 16.7. The van der Waals surface area contributed by atoms with Crippen LogP contribution in [0.3, 0.4) is 0 Å². The number of ketones is 1. The number of hydrogen-bond acceptors (Lipinski definition) is 3. The summed E-state index contributed by atoms with van der Waals surface area (Å²) in [6, 6.07) is 0. The molecule has 0 fully saturated rings. The SMILES string of the molecule is CCCCCCCCCCCCOC(=O)CC(C)=O.[AlH3]. The Morgan fingerprint density at radius 3 is 1.70 bits per heavy atom. The molecule has 0 bridgehead atoms. The third-order valence-electron chi connectivity index (χ3n) is 3.15. The molecule has 0 aliphatic carbocycles. The minimum Gasteiger partial charge on any atom is -0.465 e.